The summed E-state index contributed by atoms with van der Waals surface area (Å²) in [6.45, 7) is 3.32. The Morgan fingerprint density at radius 2 is 2.16 bits per heavy atom. The highest BCUT2D eigenvalue weighted by Gasteiger charge is 2.06. The van der Waals surface area contributed by atoms with Gasteiger partial charge >= 0.3 is 0 Å². The number of rotatable bonds is 6. The van der Waals surface area contributed by atoms with Crippen molar-refractivity contribution >= 4 is 0 Å². The third-order valence-corrected chi connectivity index (χ3v) is 2.95. The van der Waals surface area contributed by atoms with Crippen LogP contribution in [0.2, 0.25) is 0 Å². The summed E-state index contributed by atoms with van der Waals surface area (Å²) in [5.41, 5.74) is 3.12. The van der Waals surface area contributed by atoms with Gasteiger partial charge in [0.05, 0.1) is 12.3 Å². The van der Waals surface area contributed by atoms with Crippen molar-refractivity contribution in [3.63, 3.8) is 0 Å². The molecule has 0 aliphatic heterocycles. The van der Waals surface area contributed by atoms with Gasteiger partial charge in [0.15, 0.2) is 0 Å². The van der Waals surface area contributed by atoms with Gasteiger partial charge in [-0.3, -0.25) is 9.67 Å². The standard InChI is InChI=1S/C14H20N4O/c1-11-4-5-14(13(17-11)10-15-2)19-9-7-12-6-8-16-18(12)3/h4-6,8,15H,7,9-10H2,1-3H3. The van der Waals surface area contributed by atoms with Crippen LogP contribution >= 0.6 is 0 Å². The smallest absolute Gasteiger partial charge is 0.142 e. The zero-order chi connectivity index (χ0) is 13.7. The van der Waals surface area contributed by atoms with E-state index in [2.05, 4.69) is 15.4 Å². The average molecular weight is 260 g/mol. The van der Waals surface area contributed by atoms with Gasteiger partial charge in [-0.05, 0) is 32.2 Å². The van der Waals surface area contributed by atoms with Crippen LogP contribution in [0, 0.1) is 6.92 Å². The predicted octanol–water partition coefficient (Wildman–Crippen LogP) is 1.46. The van der Waals surface area contributed by atoms with Gasteiger partial charge in [-0.1, -0.05) is 0 Å². The predicted molar refractivity (Wildman–Crippen MR) is 74.1 cm³/mol. The second-order valence-corrected chi connectivity index (χ2v) is 4.47. The molecule has 0 spiro atoms. The number of aryl methyl sites for hydroxylation is 2. The molecule has 1 N–H and O–H groups in total. The molecule has 0 amide bonds. The molecule has 0 atom stereocenters. The Labute approximate surface area is 113 Å². The monoisotopic (exact) mass is 260 g/mol. The molecular weight excluding hydrogens is 240 g/mol. The number of hydrogen-bond donors (Lipinski definition) is 1. The summed E-state index contributed by atoms with van der Waals surface area (Å²) in [5, 5.41) is 7.25. The molecule has 2 aromatic rings. The second-order valence-electron chi connectivity index (χ2n) is 4.47. The summed E-state index contributed by atoms with van der Waals surface area (Å²) >= 11 is 0. The first-order valence-corrected chi connectivity index (χ1v) is 6.41. The number of hydrogen-bond acceptors (Lipinski definition) is 4. The third-order valence-electron chi connectivity index (χ3n) is 2.95. The van der Waals surface area contributed by atoms with E-state index in [0.717, 1.165) is 29.3 Å². The van der Waals surface area contributed by atoms with Crippen molar-refractivity contribution in [2.45, 2.75) is 19.9 Å². The molecule has 0 fully saturated rings. The van der Waals surface area contributed by atoms with Crippen molar-refractivity contribution in [1.82, 2.24) is 20.1 Å². The van der Waals surface area contributed by atoms with E-state index in [4.69, 9.17) is 4.74 Å². The summed E-state index contributed by atoms with van der Waals surface area (Å²) in [7, 11) is 3.85. The number of ether oxygens (including phenoxy) is 1. The molecule has 2 heterocycles. The average Bonchev–Trinajstić information content (AvgIpc) is 2.78. The highest BCUT2D eigenvalue weighted by Crippen LogP contribution is 2.17. The van der Waals surface area contributed by atoms with Gasteiger partial charge in [0, 0.05) is 37.6 Å². The summed E-state index contributed by atoms with van der Waals surface area (Å²) in [5.74, 6) is 0.849. The van der Waals surface area contributed by atoms with E-state index in [0.29, 0.717) is 13.2 Å². The molecule has 102 valence electrons. The van der Waals surface area contributed by atoms with Gasteiger partial charge in [0.25, 0.3) is 0 Å². The molecule has 0 radical (unpaired) electrons. The molecule has 5 heteroatoms. The molecular formula is C14H20N4O. The Morgan fingerprint density at radius 3 is 2.84 bits per heavy atom. The van der Waals surface area contributed by atoms with Gasteiger partial charge in [-0.2, -0.15) is 5.10 Å². The van der Waals surface area contributed by atoms with Crippen molar-refractivity contribution in [2.75, 3.05) is 13.7 Å². The zero-order valence-electron chi connectivity index (χ0n) is 11.7. The SMILES string of the molecule is CNCc1nc(C)ccc1OCCc1ccnn1C. The molecule has 0 saturated heterocycles. The number of aromatic nitrogens is 3. The summed E-state index contributed by atoms with van der Waals surface area (Å²) < 4.78 is 7.70. The lowest BCUT2D eigenvalue weighted by Gasteiger charge is -2.11. The van der Waals surface area contributed by atoms with E-state index in [9.17, 15) is 0 Å². The summed E-state index contributed by atoms with van der Waals surface area (Å²) in [4.78, 5) is 4.49. The molecule has 0 unspecified atom stereocenters. The number of nitrogens with one attached hydrogen (secondary N) is 1. The Hall–Kier alpha value is -1.88. The molecule has 5 nitrogen and oxygen atoms in total. The maximum absolute atomic E-state index is 5.83. The first-order chi connectivity index (χ1) is 9.20. The van der Waals surface area contributed by atoms with Gasteiger partial charge < -0.3 is 10.1 Å². The summed E-state index contributed by atoms with van der Waals surface area (Å²) in [6.07, 6.45) is 2.64. The van der Waals surface area contributed by atoms with Crippen LogP contribution in [0.3, 0.4) is 0 Å². The molecule has 0 bridgehead atoms. The Bertz CT molecular complexity index is 536. The lowest BCUT2D eigenvalue weighted by molar-refractivity contribution is 0.312. The van der Waals surface area contributed by atoms with Gasteiger partial charge in [0.1, 0.15) is 5.75 Å². The van der Waals surface area contributed by atoms with Gasteiger partial charge in [-0.25, -0.2) is 0 Å². The fraction of sp³-hybridized carbons (Fsp3) is 0.429. The van der Waals surface area contributed by atoms with Crippen LogP contribution in [-0.4, -0.2) is 28.4 Å². The van der Waals surface area contributed by atoms with Crippen LogP contribution in [0.4, 0.5) is 0 Å². The fourth-order valence-corrected chi connectivity index (χ4v) is 1.94. The maximum atomic E-state index is 5.83. The number of nitrogens with zero attached hydrogens (tertiary/aromatic N) is 3. The van der Waals surface area contributed by atoms with Crippen LogP contribution in [0.5, 0.6) is 5.75 Å². The van der Waals surface area contributed by atoms with E-state index >= 15 is 0 Å². The van der Waals surface area contributed by atoms with Crippen LogP contribution in [0.1, 0.15) is 17.1 Å². The Kier molecular flexibility index (Phi) is 4.52. The van der Waals surface area contributed by atoms with Gasteiger partial charge in [-0.15, -0.1) is 0 Å². The maximum Gasteiger partial charge on any atom is 0.142 e. The van der Waals surface area contributed by atoms with E-state index in [1.54, 1.807) is 6.20 Å². The molecule has 0 aliphatic carbocycles. The van der Waals surface area contributed by atoms with Crippen molar-refractivity contribution < 1.29 is 4.74 Å². The van der Waals surface area contributed by atoms with Crippen molar-refractivity contribution in [2.24, 2.45) is 7.05 Å². The van der Waals surface area contributed by atoms with Crippen molar-refractivity contribution in [1.29, 1.82) is 0 Å². The van der Waals surface area contributed by atoms with E-state index in [-0.39, 0.29) is 0 Å². The van der Waals surface area contributed by atoms with E-state index in [1.165, 1.54) is 0 Å². The lowest BCUT2D eigenvalue weighted by Crippen LogP contribution is -2.12. The van der Waals surface area contributed by atoms with Crippen LogP contribution < -0.4 is 10.1 Å². The minimum atomic E-state index is 0.626. The largest absolute Gasteiger partial charge is 0.491 e. The minimum absolute atomic E-state index is 0.626. The first kappa shape index (κ1) is 13.5. The van der Waals surface area contributed by atoms with Crippen LogP contribution in [0.15, 0.2) is 24.4 Å². The highest BCUT2D eigenvalue weighted by molar-refractivity contribution is 5.29. The lowest BCUT2D eigenvalue weighted by atomic mass is 10.2. The van der Waals surface area contributed by atoms with Crippen molar-refractivity contribution in [3.05, 3.63) is 41.5 Å². The van der Waals surface area contributed by atoms with Crippen LogP contribution in [0.25, 0.3) is 0 Å². The molecule has 2 aromatic heterocycles. The Balaban J connectivity index is 1.97. The normalized spacial score (nSPS) is 10.7. The molecule has 0 aromatic carbocycles. The molecule has 0 saturated carbocycles. The van der Waals surface area contributed by atoms with Gasteiger partial charge in [0.2, 0.25) is 0 Å². The molecule has 0 aliphatic rings. The quantitative estimate of drug-likeness (QED) is 0.854. The second kappa shape index (κ2) is 6.33. The topological polar surface area (TPSA) is 52.0 Å². The minimum Gasteiger partial charge on any atom is -0.491 e. The van der Waals surface area contributed by atoms with E-state index < -0.39 is 0 Å². The molecule has 19 heavy (non-hydrogen) atoms. The van der Waals surface area contributed by atoms with Crippen LogP contribution in [-0.2, 0) is 20.0 Å². The first-order valence-electron chi connectivity index (χ1n) is 6.41. The van der Waals surface area contributed by atoms with E-state index in [1.807, 2.05) is 43.9 Å². The van der Waals surface area contributed by atoms with Crippen molar-refractivity contribution in [3.8, 4) is 5.75 Å². The Morgan fingerprint density at radius 1 is 1.32 bits per heavy atom. The summed E-state index contributed by atoms with van der Waals surface area (Å²) in [6, 6.07) is 5.96. The third kappa shape index (κ3) is 3.54. The number of pyridine rings is 1. The zero-order valence-corrected chi connectivity index (χ0v) is 11.7. The molecule has 2 rings (SSSR count). The fourth-order valence-electron chi connectivity index (χ4n) is 1.94. The highest BCUT2D eigenvalue weighted by atomic mass is 16.5.